The highest BCUT2D eigenvalue weighted by Gasteiger charge is 2.15. The van der Waals surface area contributed by atoms with E-state index in [1.807, 2.05) is 13.8 Å². The summed E-state index contributed by atoms with van der Waals surface area (Å²) in [5.41, 5.74) is 0.358. The molecule has 0 aliphatic rings. The van der Waals surface area contributed by atoms with Crippen LogP contribution >= 0.6 is 12.2 Å². The topological polar surface area (TPSA) is 74.7 Å². The first-order valence-corrected chi connectivity index (χ1v) is 8.08. The Morgan fingerprint density at radius 2 is 1.71 bits per heavy atom. The second-order valence-corrected chi connectivity index (χ2v) is 5.34. The molecular formula is C16H22N2O5S. The number of hydrogen-bond acceptors (Lipinski definition) is 6. The van der Waals surface area contributed by atoms with Crippen LogP contribution in [0, 0.1) is 4.77 Å². The Hall–Kier alpha value is -1.90. The van der Waals surface area contributed by atoms with Gasteiger partial charge in [0.05, 0.1) is 30.7 Å². The van der Waals surface area contributed by atoms with E-state index in [1.54, 1.807) is 12.1 Å². The average molecular weight is 354 g/mol. The maximum atomic E-state index is 12.8. The van der Waals surface area contributed by atoms with Gasteiger partial charge in [0.25, 0.3) is 5.56 Å². The van der Waals surface area contributed by atoms with E-state index >= 15 is 0 Å². The monoisotopic (exact) mass is 354 g/mol. The summed E-state index contributed by atoms with van der Waals surface area (Å²) in [4.78, 5) is 15.9. The number of rotatable bonds is 8. The van der Waals surface area contributed by atoms with Gasteiger partial charge >= 0.3 is 0 Å². The molecule has 0 fully saturated rings. The molecule has 0 spiro atoms. The molecule has 2 rings (SSSR count). The zero-order valence-electron chi connectivity index (χ0n) is 14.3. The molecular weight excluding hydrogens is 332 g/mol. The molecule has 24 heavy (non-hydrogen) atoms. The highest BCUT2D eigenvalue weighted by Crippen LogP contribution is 2.30. The Balaban J connectivity index is 2.63. The number of hydrogen-bond donors (Lipinski definition) is 1. The van der Waals surface area contributed by atoms with Crippen LogP contribution in [0.25, 0.3) is 10.9 Å². The number of aromatic amines is 1. The van der Waals surface area contributed by atoms with Crippen LogP contribution in [0.15, 0.2) is 16.9 Å². The summed E-state index contributed by atoms with van der Waals surface area (Å²) >= 11 is 5.30. The highest BCUT2D eigenvalue weighted by atomic mass is 32.1. The Labute approximate surface area is 145 Å². The van der Waals surface area contributed by atoms with Gasteiger partial charge in [-0.3, -0.25) is 9.36 Å². The van der Waals surface area contributed by atoms with Crippen molar-refractivity contribution in [2.45, 2.75) is 26.7 Å². The Morgan fingerprint density at radius 3 is 2.25 bits per heavy atom. The molecule has 0 atom stereocenters. The highest BCUT2D eigenvalue weighted by molar-refractivity contribution is 7.71. The third kappa shape index (κ3) is 3.77. The summed E-state index contributed by atoms with van der Waals surface area (Å²) in [7, 11) is 3.02. The van der Waals surface area contributed by atoms with Gasteiger partial charge in [-0.2, -0.15) is 0 Å². The zero-order chi connectivity index (χ0) is 17.7. The lowest BCUT2D eigenvalue weighted by atomic mass is 10.2. The molecule has 0 aliphatic heterocycles. The van der Waals surface area contributed by atoms with Crippen LogP contribution in [0.3, 0.4) is 0 Å². The summed E-state index contributed by atoms with van der Waals surface area (Å²) in [6, 6.07) is 3.40. The predicted molar refractivity (Wildman–Crippen MR) is 93.5 cm³/mol. The van der Waals surface area contributed by atoms with Gasteiger partial charge in [-0.15, -0.1) is 0 Å². The first kappa shape index (κ1) is 18.4. The van der Waals surface area contributed by atoms with E-state index in [4.69, 9.17) is 31.2 Å². The lowest BCUT2D eigenvalue weighted by molar-refractivity contribution is -0.111. The van der Waals surface area contributed by atoms with Gasteiger partial charge in [-0.1, -0.05) is 0 Å². The van der Waals surface area contributed by atoms with E-state index in [0.717, 1.165) is 0 Å². The second kappa shape index (κ2) is 8.27. The number of methoxy groups -OCH3 is 2. The van der Waals surface area contributed by atoms with Crippen LogP contribution in [-0.4, -0.2) is 43.3 Å². The molecule has 0 aliphatic carbocycles. The minimum Gasteiger partial charge on any atom is -0.490 e. The number of nitrogens with zero attached hydrogens (tertiary/aromatic N) is 1. The second-order valence-electron chi connectivity index (χ2n) is 4.96. The first-order valence-electron chi connectivity index (χ1n) is 7.67. The van der Waals surface area contributed by atoms with Crippen LogP contribution in [0.1, 0.15) is 13.8 Å². The number of nitrogens with one attached hydrogen (secondary N) is 1. The van der Waals surface area contributed by atoms with Crippen molar-refractivity contribution in [3.63, 3.8) is 0 Å². The minimum absolute atomic E-state index is 0.189. The number of H-pyrrole nitrogens is 1. The van der Waals surface area contributed by atoms with E-state index in [-0.39, 0.29) is 12.1 Å². The van der Waals surface area contributed by atoms with Crippen molar-refractivity contribution in [1.29, 1.82) is 0 Å². The van der Waals surface area contributed by atoms with Gasteiger partial charge in [0, 0.05) is 20.3 Å². The van der Waals surface area contributed by atoms with Crippen LogP contribution in [0.5, 0.6) is 11.5 Å². The van der Waals surface area contributed by atoms with E-state index < -0.39 is 6.29 Å². The lowest BCUT2D eigenvalue weighted by Crippen LogP contribution is -2.30. The molecule has 0 saturated carbocycles. The molecule has 0 saturated heterocycles. The molecule has 132 valence electrons. The van der Waals surface area contributed by atoms with E-state index in [0.29, 0.717) is 40.4 Å². The van der Waals surface area contributed by atoms with Crippen LogP contribution in [0.2, 0.25) is 0 Å². The Bertz CT molecular complexity index is 810. The normalized spacial score (nSPS) is 11.2. The van der Waals surface area contributed by atoms with Gasteiger partial charge in [0.2, 0.25) is 0 Å². The van der Waals surface area contributed by atoms with Gasteiger partial charge in [-0.25, -0.2) is 0 Å². The average Bonchev–Trinajstić information content (AvgIpc) is 2.57. The fourth-order valence-corrected chi connectivity index (χ4v) is 2.62. The Kier molecular flexibility index (Phi) is 6.36. The third-order valence-corrected chi connectivity index (χ3v) is 3.83. The number of aromatic nitrogens is 2. The molecule has 7 nitrogen and oxygen atoms in total. The van der Waals surface area contributed by atoms with Crippen LogP contribution in [-0.2, 0) is 16.0 Å². The number of ether oxygens (including phenoxy) is 4. The van der Waals surface area contributed by atoms with Crippen molar-refractivity contribution in [1.82, 2.24) is 9.55 Å². The predicted octanol–water partition coefficient (Wildman–Crippen LogP) is 2.48. The maximum absolute atomic E-state index is 12.8. The number of fused-ring (bicyclic) bond motifs is 1. The quantitative estimate of drug-likeness (QED) is 0.580. The summed E-state index contributed by atoms with van der Waals surface area (Å²) < 4.78 is 23.2. The van der Waals surface area contributed by atoms with Crippen LogP contribution < -0.4 is 15.0 Å². The summed E-state index contributed by atoms with van der Waals surface area (Å²) in [6.45, 7) is 4.91. The molecule has 2 aromatic rings. The molecule has 1 aromatic heterocycles. The largest absolute Gasteiger partial charge is 0.490 e. The molecule has 1 heterocycles. The number of benzene rings is 1. The molecule has 0 bridgehead atoms. The maximum Gasteiger partial charge on any atom is 0.262 e. The van der Waals surface area contributed by atoms with E-state index in [9.17, 15) is 4.79 Å². The van der Waals surface area contributed by atoms with Crippen molar-refractivity contribution < 1.29 is 18.9 Å². The summed E-state index contributed by atoms with van der Waals surface area (Å²) in [5.74, 6) is 1.09. The fraction of sp³-hybridized carbons (Fsp3) is 0.500. The molecule has 1 aromatic carbocycles. The lowest BCUT2D eigenvalue weighted by Gasteiger charge is -2.16. The SMILES string of the molecule is CCOc1cc2[nH]c(=S)n(CC(OC)OC)c(=O)c2cc1OCC. The van der Waals surface area contributed by atoms with Gasteiger partial charge < -0.3 is 23.9 Å². The third-order valence-electron chi connectivity index (χ3n) is 3.50. The standard InChI is InChI=1S/C16H22N2O5S/c1-5-22-12-7-10-11(8-13(12)23-6-2)17-16(24)18(15(10)19)9-14(20-3)21-4/h7-8,14H,5-6,9H2,1-4H3,(H,17,24). The summed E-state index contributed by atoms with van der Waals surface area (Å²) in [6.07, 6.45) is -0.565. The van der Waals surface area contributed by atoms with E-state index in [1.165, 1.54) is 18.8 Å². The van der Waals surface area contributed by atoms with Crippen molar-refractivity contribution >= 4 is 23.1 Å². The smallest absolute Gasteiger partial charge is 0.262 e. The van der Waals surface area contributed by atoms with E-state index in [2.05, 4.69) is 4.98 Å². The van der Waals surface area contributed by atoms with Crippen LogP contribution in [0.4, 0.5) is 0 Å². The Morgan fingerprint density at radius 1 is 1.12 bits per heavy atom. The van der Waals surface area contributed by atoms with Crippen molar-refractivity contribution in [3.05, 3.63) is 27.3 Å². The summed E-state index contributed by atoms with van der Waals surface area (Å²) in [5, 5.41) is 0.460. The van der Waals surface area contributed by atoms with Crippen molar-refractivity contribution in [2.24, 2.45) is 0 Å². The molecule has 8 heteroatoms. The van der Waals surface area contributed by atoms with Gasteiger partial charge in [-0.05, 0) is 32.1 Å². The van der Waals surface area contributed by atoms with Crippen molar-refractivity contribution in [2.75, 3.05) is 27.4 Å². The molecule has 0 radical (unpaired) electrons. The van der Waals surface area contributed by atoms with Gasteiger partial charge in [0.15, 0.2) is 22.6 Å². The van der Waals surface area contributed by atoms with Crippen molar-refractivity contribution in [3.8, 4) is 11.5 Å². The minimum atomic E-state index is -0.565. The van der Waals surface area contributed by atoms with Gasteiger partial charge in [0.1, 0.15) is 0 Å². The zero-order valence-corrected chi connectivity index (χ0v) is 15.1. The molecule has 0 unspecified atom stereocenters. The first-order chi connectivity index (χ1) is 11.5. The fourth-order valence-electron chi connectivity index (χ4n) is 2.36. The molecule has 1 N–H and O–H groups in total. The molecule has 0 amide bonds.